The SMILES string of the molecule is COc1ccc(C(=O)/C(Cc2cc(OC)c(OC)cc2OC)=C(\C(=O)O)c2ccc3c(c2)OCO3)cc1. The summed E-state index contributed by atoms with van der Waals surface area (Å²) >= 11 is 0. The van der Waals surface area contributed by atoms with Gasteiger partial charge in [0.1, 0.15) is 11.5 Å². The molecule has 37 heavy (non-hydrogen) atoms. The van der Waals surface area contributed by atoms with E-state index >= 15 is 0 Å². The summed E-state index contributed by atoms with van der Waals surface area (Å²) in [4.78, 5) is 26.5. The van der Waals surface area contributed by atoms with E-state index in [1.807, 2.05) is 0 Å². The monoisotopic (exact) mass is 506 g/mol. The number of carboxylic acids is 1. The minimum absolute atomic E-state index is 0.0331. The molecular formula is C28H26O9. The third-order valence-corrected chi connectivity index (χ3v) is 5.96. The van der Waals surface area contributed by atoms with Crippen molar-refractivity contribution in [3.63, 3.8) is 0 Å². The molecule has 1 N–H and O–H groups in total. The highest BCUT2D eigenvalue weighted by molar-refractivity contribution is 6.26. The Labute approximate surface area is 213 Å². The summed E-state index contributed by atoms with van der Waals surface area (Å²) in [5.41, 5.74) is 1.01. The van der Waals surface area contributed by atoms with Gasteiger partial charge < -0.3 is 33.5 Å². The van der Waals surface area contributed by atoms with E-state index in [-0.39, 0.29) is 24.4 Å². The molecule has 0 unspecified atom stereocenters. The quantitative estimate of drug-likeness (QED) is 0.316. The van der Waals surface area contributed by atoms with Crippen molar-refractivity contribution < 1.29 is 43.1 Å². The molecule has 9 nitrogen and oxygen atoms in total. The second-order valence-corrected chi connectivity index (χ2v) is 7.98. The van der Waals surface area contributed by atoms with Crippen LogP contribution in [0, 0.1) is 0 Å². The maximum absolute atomic E-state index is 13.9. The molecule has 0 saturated carbocycles. The van der Waals surface area contributed by atoms with Gasteiger partial charge in [-0.3, -0.25) is 4.79 Å². The third kappa shape index (κ3) is 5.16. The predicted octanol–water partition coefficient (Wildman–Crippen LogP) is 4.41. The van der Waals surface area contributed by atoms with Crippen molar-refractivity contribution in [3.8, 4) is 34.5 Å². The van der Waals surface area contributed by atoms with E-state index in [0.717, 1.165) is 0 Å². The first-order valence-electron chi connectivity index (χ1n) is 11.2. The van der Waals surface area contributed by atoms with Crippen molar-refractivity contribution in [3.05, 3.63) is 76.9 Å². The van der Waals surface area contributed by atoms with Crippen LogP contribution in [0.4, 0.5) is 0 Å². The van der Waals surface area contributed by atoms with Gasteiger partial charge in [0, 0.05) is 29.2 Å². The number of aliphatic carboxylic acids is 1. The second-order valence-electron chi connectivity index (χ2n) is 7.98. The van der Waals surface area contributed by atoms with Crippen LogP contribution in [0.2, 0.25) is 0 Å². The molecule has 0 amide bonds. The first kappa shape index (κ1) is 25.4. The molecule has 0 saturated heterocycles. The Hall–Kier alpha value is -4.66. The van der Waals surface area contributed by atoms with Crippen LogP contribution in [0.25, 0.3) is 5.57 Å². The van der Waals surface area contributed by atoms with Gasteiger partial charge in [-0.25, -0.2) is 4.79 Å². The lowest BCUT2D eigenvalue weighted by Gasteiger charge is -2.17. The third-order valence-electron chi connectivity index (χ3n) is 5.96. The zero-order chi connectivity index (χ0) is 26.5. The number of benzene rings is 3. The molecule has 1 aliphatic rings. The number of carboxylic acid groups (broad SMARTS) is 1. The Morgan fingerprint density at radius 2 is 1.38 bits per heavy atom. The van der Waals surface area contributed by atoms with Crippen molar-refractivity contribution in [2.24, 2.45) is 0 Å². The molecule has 0 aliphatic carbocycles. The normalized spacial score (nSPS) is 12.4. The van der Waals surface area contributed by atoms with Crippen molar-refractivity contribution in [2.45, 2.75) is 6.42 Å². The van der Waals surface area contributed by atoms with Crippen LogP contribution in [0.1, 0.15) is 21.5 Å². The molecule has 0 spiro atoms. The van der Waals surface area contributed by atoms with Crippen LogP contribution in [0.5, 0.6) is 34.5 Å². The Kier molecular flexibility index (Phi) is 7.52. The van der Waals surface area contributed by atoms with Crippen LogP contribution in [0.3, 0.4) is 0 Å². The van der Waals surface area contributed by atoms with E-state index < -0.39 is 11.8 Å². The molecule has 4 rings (SSSR count). The van der Waals surface area contributed by atoms with E-state index in [1.54, 1.807) is 54.6 Å². The molecule has 0 aromatic heterocycles. The van der Waals surface area contributed by atoms with Crippen molar-refractivity contribution in [1.82, 2.24) is 0 Å². The van der Waals surface area contributed by atoms with Gasteiger partial charge in [0.05, 0.1) is 34.0 Å². The van der Waals surface area contributed by atoms with Crippen LogP contribution in [0.15, 0.2) is 60.2 Å². The zero-order valence-corrected chi connectivity index (χ0v) is 20.8. The Morgan fingerprint density at radius 1 is 0.757 bits per heavy atom. The smallest absolute Gasteiger partial charge is 0.336 e. The fraction of sp³-hybridized carbons (Fsp3) is 0.214. The summed E-state index contributed by atoms with van der Waals surface area (Å²) in [6.45, 7) is 0.0331. The number of hydrogen-bond acceptors (Lipinski definition) is 8. The van der Waals surface area contributed by atoms with Crippen LogP contribution in [-0.4, -0.2) is 52.1 Å². The Morgan fingerprint density at radius 3 is 2.00 bits per heavy atom. The number of carbonyl (C=O) groups excluding carboxylic acids is 1. The second kappa shape index (κ2) is 10.9. The van der Waals surface area contributed by atoms with Gasteiger partial charge in [0.2, 0.25) is 6.79 Å². The van der Waals surface area contributed by atoms with Crippen LogP contribution in [-0.2, 0) is 11.2 Å². The summed E-state index contributed by atoms with van der Waals surface area (Å²) in [5.74, 6) is 0.990. The lowest BCUT2D eigenvalue weighted by atomic mass is 9.89. The fourth-order valence-electron chi connectivity index (χ4n) is 4.10. The first-order valence-corrected chi connectivity index (χ1v) is 11.2. The summed E-state index contributed by atoms with van der Waals surface area (Å²) in [6, 6.07) is 14.5. The minimum Gasteiger partial charge on any atom is -0.497 e. The minimum atomic E-state index is -1.27. The molecule has 3 aromatic rings. The summed E-state index contributed by atoms with van der Waals surface area (Å²) < 4.78 is 32.3. The predicted molar refractivity (Wildman–Crippen MR) is 134 cm³/mol. The fourth-order valence-corrected chi connectivity index (χ4v) is 4.10. The van der Waals surface area contributed by atoms with Crippen LogP contribution < -0.4 is 28.4 Å². The molecule has 0 atom stereocenters. The highest BCUT2D eigenvalue weighted by atomic mass is 16.7. The molecule has 192 valence electrons. The van der Waals surface area contributed by atoms with E-state index in [9.17, 15) is 14.7 Å². The Bertz CT molecular complexity index is 1360. The largest absolute Gasteiger partial charge is 0.497 e. The van der Waals surface area contributed by atoms with Crippen molar-refractivity contribution in [2.75, 3.05) is 35.2 Å². The molecular weight excluding hydrogens is 480 g/mol. The highest BCUT2D eigenvalue weighted by Gasteiger charge is 2.27. The average molecular weight is 507 g/mol. The number of fused-ring (bicyclic) bond motifs is 1. The first-order chi connectivity index (χ1) is 17.9. The van der Waals surface area contributed by atoms with Gasteiger partial charge >= 0.3 is 5.97 Å². The standard InChI is InChI=1S/C28H26O9/c1-32-19-8-5-16(6-9-19)27(29)20(11-18-13-23(34-3)24(35-4)14-22(18)33-2)26(28(30)31)17-7-10-21-25(12-17)37-15-36-21/h5-10,12-14H,11,15H2,1-4H3,(H,30,31)/b26-20-. The average Bonchev–Trinajstić information content (AvgIpc) is 3.40. The molecule has 0 radical (unpaired) electrons. The summed E-state index contributed by atoms with van der Waals surface area (Å²) in [6.07, 6.45) is -0.0650. The Balaban J connectivity index is 1.92. The van der Waals surface area contributed by atoms with Gasteiger partial charge in [-0.05, 0) is 48.0 Å². The molecule has 0 bridgehead atoms. The lowest BCUT2D eigenvalue weighted by Crippen LogP contribution is -2.14. The number of carbonyl (C=O) groups is 2. The number of Topliss-reactive ketones (excluding diaryl/α,β-unsaturated/α-hetero) is 1. The van der Waals surface area contributed by atoms with Gasteiger partial charge in [0.15, 0.2) is 28.8 Å². The summed E-state index contributed by atoms with van der Waals surface area (Å²) in [7, 11) is 5.99. The lowest BCUT2D eigenvalue weighted by molar-refractivity contribution is -0.130. The maximum atomic E-state index is 13.9. The number of allylic oxidation sites excluding steroid dienone is 1. The van der Waals surface area contributed by atoms with Crippen molar-refractivity contribution in [1.29, 1.82) is 0 Å². The number of ketones is 1. The maximum Gasteiger partial charge on any atom is 0.336 e. The number of methoxy groups -OCH3 is 4. The van der Waals surface area contributed by atoms with E-state index in [1.165, 1.54) is 28.4 Å². The molecule has 3 aromatic carbocycles. The number of ether oxygens (including phenoxy) is 6. The van der Waals surface area contributed by atoms with Gasteiger partial charge in [-0.15, -0.1) is 0 Å². The molecule has 9 heteroatoms. The van der Waals surface area contributed by atoms with Gasteiger partial charge in [0.25, 0.3) is 0 Å². The topological polar surface area (TPSA) is 110 Å². The number of rotatable bonds is 10. The molecule has 1 heterocycles. The van der Waals surface area contributed by atoms with E-state index in [2.05, 4.69) is 0 Å². The summed E-state index contributed by atoms with van der Waals surface area (Å²) in [5, 5.41) is 10.3. The van der Waals surface area contributed by atoms with E-state index in [0.29, 0.717) is 51.2 Å². The molecule has 1 aliphatic heterocycles. The highest BCUT2D eigenvalue weighted by Crippen LogP contribution is 2.39. The number of hydrogen-bond donors (Lipinski definition) is 1. The molecule has 0 fully saturated rings. The zero-order valence-electron chi connectivity index (χ0n) is 20.8. The van der Waals surface area contributed by atoms with E-state index in [4.69, 9.17) is 28.4 Å². The van der Waals surface area contributed by atoms with Gasteiger partial charge in [-0.2, -0.15) is 0 Å². The van der Waals surface area contributed by atoms with Crippen LogP contribution >= 0.6 is 0 Å². The van der Waals surface area contributed by atoms with Gasteiger partial charge in [-0.1, -0.05) is 6.07 Å². The van der Waals surface area contributed by atoms with Crippen molar-refractivity contribution >= 4 is 17.3 Å².